The molecule has 5 nitrogen and oxygen atoms in total. The molecule has 2 aromatic carbocycles. The largest absolute Gasteiger partial charge is 0.494 e. The number of fused-ring (bicyclic) bond motifs is 1. The average molecular weight is 256 g/mol. The minimum atomic E-state index is 0.649. The van der Waals surface area contributed by atoms with Crippen LogP contribution in [0.1, 0.15) is 6.92 Å². The van der Waals surface area contributed by atoms with Crippen LogP contribution >= 0.6 is 0 Å². The van der Waals surface area contributed by atoms with Crippen LogP contribution in [-0.4, -0.2) is 16.9 Å². The molecular weight excluding hydrogens is 244 g/mol. The highest BCUT2D eigenvalue weighted by Crippen LogP contribution is 2.25. The molecule has 0 fully saturated rings. The Morgan fingerprint density at radius 2 is 1.58 bits per heavy atom. The first kappa shape index (κ1) is 11.5. The minimum absolute atomic E-state index is 0.649. The number of hydrogen-bond acceptors (Lipinski definition) is 5. The molecule has 19 heavy (non-hydrogen) atoms. The van der Waals surface area contributed by atoms with Crippen molar-refractivity contribution in [2.75, 3.05) is 6.61 Å². The molecule has 0 aliphatic heterocycles. The molecule has 3 aromatic rings. The van der Waals surface area contributed by atoms with Crippen molar-refractivity contribution in [2.24, 2.45) is 0 Å². The van der Waals surface area contributed by atoms with Gasteiger partial charge in [0.05, 0.1) is 6.61 Å². The van der Waals surface area contributed by atoms with Gasteiger partial charge in [-0.2, -0.15) is 0 Å². The van der Waals surface area contributed by atoms with E-state index >= 15 is 0 Å². The molecule has 0 saturated carbocycles. The number of rotatable bonds is 4. The third-order valence-electron chi connectivity index (χ3n) is 2.60. The quantitative estimate of drug-likeness (QED) is 0.715. The second-order valence-corrected chi connectivity index (χ2v) is 3.92. The third kappa shape index (κ3) is 2.49. The zero-order valence-electron chi connectivity index (χ0n) is 10.4. The van der Waals surface area contributed by atoms with E-state index in [9.17, 15) is 0 Å². The number of ether oxygens (including phenoxy) is 2. The Morgan fingerprint density at radius 1 is 0.895 bits per heavy atom. The first-order valence-electron chi connectivity index (χ1n) is 5.98. The molecular formula is C14H12N2O3. The van der Waals surface area contributed by atoms with Gasteiger partial charge in [0.2, 0.25) is 0 Å². The highest BCUT2D eigenvalue weighted by Gasteiger charge is 2.03. The zero-order chi connectivity index (χ0) is 13.1. The molecule has 0 aliphatic rings. The Labute approximate surface area is 109 Å². The summed E-state index contributed by atoms with van der Waals surface area (Å²) < 4.78 is 15.7. The van der Waals surface area contributed by atoms with Crippen molar-refractivity contribution >= 4 is 11.0 Å². The molecule has 0 atom stereocenters. The van der Waals surface area contributed by atoms with Crippen molar-refractivity contribution in [3.63, 3.8) is 0 Å². The molecule has 5 heteroatoms. The molecule has 0 bridgehead atoms. The molecule has 0 radical (unpaired) electrons. The first-order valence-corrected chi connectivity index (χ1v) is 5.98. The van der Waals surface area contributed by atoms with Gasteiger partial charge in [0, 0.05) is 6.07 Å². The zero-order valence-corrected chi connectivity index (χ0v) is 10.4. The molecule has 0 aliphatic carbocycles. The summed E-state index contributed by atoms with van der Waals surface area (Å²) >= 11 is 0. The normalized spacial score (nSPS) is 10.6. The number of aromatic nitrogens is 2. The van der Waals surface area contributed by atoms with Gasteiger partial charge in [0.1, 0.15) is 28.3 Å². The Hall–Kier alpha value is -2.56. The van der Waals surface area contributed by atoms with E-state index in [0.717, 1.165) is 11.5 Å². The second-order valence-electron chi connectivity index (χ2n) is 3.92. The fourth-order valence-electron chi connectivity index (χ4n) is 1.73. The van der Waals surface area contributed by atoms with Crippen molar-refractivity contribution in [2.45, 2.75) is 6.92 Å². The minimum Gasteiger partial charge on any atom is -0.494 e. The average Bonchev–Trinajstić information content (AvgIpc) is 2.89. The summed E-state index contributed by atoms with van der Waals surface area (Å²) in [7, 11) is 0. The number of hydrogen-bond donors (Lipinski definition) is 0. The van der Waals surface area contributed by atoms with Crippen molar-refractivity contribution in [1.82, 2.24) is 10.3 Å². The molecule has 3 rings (SSSR count). The predicted molar refractivity (Wildman–Crippen MR) is 69.5 cm³/mol. The standard InChI is InChI=1S/C14H12N2O3/c1-2-17-10-3-5-11(6-4-10)18-12-7-8-13-14(9-12)16-19-15-13/h3-9H,2H2,1H3. The fourth-order valence-corrected chi connectivity index (χ4v) is 1.73. The Balaban J connectivity index is 1.79. The highest BCUT2D eigenvalue weighted by molar-refractivity contribution is 5.74. The summed E-state index contributed by atoms with van der Waals surface area (Å²) in [5.74, 6) is 2.25. The van der Waals surface area contributed by atoms with Crippen LogP contribution < -0.4 is 9.47 Å². The predicted octanol–water partition coefficient (Wildman–Crippen LogP) is 3.41. The SMILES string of the molecule is CCOc1ccc(Oc2ccc3nonc3c2)cc1. The van der Waals surface area contributed by atoms with E-state index in [2.05, 4.69) is 14.9 Å². The maximum atomic E-state index is 5.72. The van der Waals surface area contributed by atoms with Gasteiger partial charge in [0.15, 0.2) is 0 Å². The van der Waals surface area contributed by atoms with Crippen molar-refractivity contribution in [1.29, 1.82) is 0 Å². The monoisotopic (exact) mass is 256 g/mol. The molecule has 0 spiro atoms. The van der Waals surface area contributed by atoms with E-state index in [-0.39, 0.29) is 0 Å². The van der Waals surface area contributed by atoms with E-state index in [1.54, 1.807) is 12.1 Å². The van der Waals surface area contributed by atoms with Crippen LogP contribution in [0.2, 0.25) is 0 Å². The van der Waals surface area contributed by atoms with Gasteiger partial charge in [-0.1, -0.05) is 0 Å². The Morgan fingerprint density at radius 3 is 2.37 bits per heavy atom. The van der Waals surface area contributed by atoms with Gasteiger partial charge in [-0.3, -0.25) is 0 Å². The first-order chi connectivity index (χ1) is 9.35. The van der Waals surface area contributed by atoms with Crippen LogP contribution in [0, 0.1) is 0 Å². The maximum Gasteiger partial charge on any atom is 0.138 e. The summed E-state index contributed by atoms with van der Waals surface area (Å²) in [5, 5.41) is 7.51. The fraction of sp³-hybridized carbons (Fsp3) is 0.143. The van der Waals surface area contributed by atoms with Crippen LogP contribution in [-0.2, 0) is 0 Å². The molecule has 1 aromatic heterocycles. The lowest BCUT2D eigenvalue weighted by Gasteiger charge is -2.07. The van der Waals surface area contributed by atoms with Gasteiger partial charge in [-0.25, -0.2) is 4.63 Å². The summed E-state index contributed by atoms with van der Waals surface area (Å²) in [5.41, 5.74) is 1.38. The number of benzene rings is 2. The van der Waals surface area contributed by atoms with E-state index in [1.807, 2.05) is 37.3 Å². The molecule has 1 heterocycles. The summed E-state index contributed by atoms with van der Waals surface area (Å²) in [4.78, 5) is 0. The highest BCUT2D eigenvalue weighted by atomic mass is 16.6. The van der Waals surface area contributed by atoms with Crippen LogP contribution in [0.5, 0.6) is 17.2 Å². The van der Waals surface area contributed by atoms with E-state index in [0.29, 0.717) is 23.4 Å². The Bertz CT molecular complexity index is 676. The van der Waals surface area contributed by atoms with Crippen LogP contribution in [0.3, 0.4) is 0 Å². The number of nitrogens with zero attached hydrogens (tertiary/aromatic N) is 2. The van der Waals surface area contributed by atoms with Gasteiger partial charge >= 0.3 is 0 Å². The van der Waals surface area contributed by atoms with Crippen molar-refractivity contribution < 1.29 is 14.1 Å². The van der Waals surface area contributed by atoms with E-state index < -0.39 is 0 Å². The second kappa shape index (κ2) is 4.97. The summed E-state index contributed by atoms with van der Waals surface area (Å²) in [6, 6.07) is 12.9. The van der Waals surface area contributed by atoms with Crippen LogP contribution in [0.15, 0.2) is 47.1 Å². The van der Waals surface area contributed by atoms with Crippen molar-refractivity contribution in [3.8, 4) is 17.2 Å². The third-order valence-corrected chi connectivity index (χ3v) is 2.60. The molecule has 0 saturated heterocycles. The Kier molecular flexibility index (Phi) is 3.02. The lowest BCUT2D eigenvalue weighted by Crippen LogP contribution is -1.91. The summed E-state index contributed by atoms with van der Waals surface area (Å²) in [6.45, 7) is 2.60. The lowest BCUT2D eigenvalue weighted by molar-refractivity contribution is 0.315. The molecule has 0 amide bonds. The van der Waals surface area contributed by atoms with E-state index in [1.165, 1.54) is 0 Å². The van der Waals surface area contributed by atoms with Crippen LogP contribution in [0.4, 0.5) is 0 Å². The molecule has 0 N–H and O–H groups in total. The molecule has 0 unspecified atom stereocenters. The van der Waals surface area contributed by atoms with Crippen LogP contribution in [0.25, 0.3) is 11.0 Å². The smallest absolute Gasteiger partial charge is 0.138 e. The van der Waals surface area contributed by atoms with Gasteiger partial charge < -0.3 is 9.47 Å². The molecule has 96 valence electrons. The van der Waals surface area contributed by atoms with Crippen molar-refractivity contribution in [3.05, 3.63) is 42.5 Å². The lowest BCUT2D eigenvalue weighted by atomic mass is 10.3. The van der Waals surface area contributed by atoms with E-state index in [4.69, 9.17) is 9.47 Å². The maximum absolute atomic E-state index is 5.72. The van der Waals surface area contributed by atoms with Gasteiger partial charge in [-0.15, -0.1) is 0 Å². The van der Waals surface area contributed by atoms with Gasteiger partial charge in [0.25, 0.3) is 0 Å². The summed E-state index contributed by atoms with van der Waals surface area (Å²) in [6.07, 6.45) is 0. The van der Waals surface area contributed by atoms with Gasteiger partial charge in [-0.05, 0) is 53.6 Å². The topological polar surface area (TPSA) is 57.4 Å².